The van der Waals surface area contributed by atoms with Crippen LogP contribution in [0, 0.1) is 12.7 Å². The number of hydrogen-bond donors (Lipinski definition) is 1. The van der Waals surface area contributed by atoms with Crippen molar-refractivity contribution in [3.8, 4) is 0 Å². The fourth-order valence-corrected chi connectivity index (χ4v) is 2.77. The van der Waals surface area contributed by atoms with E-state index in [1.54, 1.807) is 25.1 Å². The number of amides is 2. The van der Waals surface area contributed by atoms with Crippen molar-refractivity contribution in [3.05, 3.63) is 71.0 Å². The Labute approximate surface area is 160 Å². The minimum absolute atomic E-state index is 0.0537. The maximum absolute atomic E-state index is 14.1. The predicted octanol–water partition coefficient (Wildman–Crippen LogP) is 3.62. The van der Waals surface area contributed by atoms with Crippen molar-refractivity contribution in [2.75, 3.05) is 6.54 Å². The van der Waals surface area contributed by atoms with Crippen LogP contribution in [0.4, 0.5) is 4.39 Å². The van der Waals surface area contributed by atoms with E-state index in [0.29, 0.717) is 12.1 Å². The fraction of sp³-hybridized carbons (Fsp3) is 0.364. The smallest absolute Gasteiger partial charge is 0.242 e. The van der Waals surface area contributed by atoms with Crippen molar-refractivity contribution in [1.29, 1.82) is 0 Å². The molecule has 0 radical (unpaired) electrons. The first-order valence-corrected chi connectivity index (χ1v) is 9.28. The van der Waals surface area contributed by atoms with Crippen LogP contribution in [0.25, 0.3) is 0 Å². The Morgan fingerprint density at radius 2 is 1.78 bits per heavy atom. The Kier molecular flexibility index (Phi) is 7.53. The van der Waals surface area contributed by atoms with Gasteiger partial charge < -0.3 is 10.2 Å². The zero-order chi connectivity index (χ0) is 19.8. The lowest BCUT2D eigenvalue weighted by atomic mass is 10.1. The van der Waals surface area contributed by atoms with E-state index < -0.39 is 6.04 Å². The molecule has 0 heterocycles. The lowest BCUT2D eigenvalue weighted by Crippen LogP contribution is -2.48. The van der Waals surface area contributed by atoms with E-state index in [-0.39, 0.29) is 30.6 Å². The summed E-state index contributed by atoms with van der Waals surface area (Å²) in [6.45, 7) is 6.22. The van der Waals surface area contributed by atoms with E-state index in [1.165, 1.54) is 11.0 Å². The summed E-state index contributed by atoms with van der Waals surface area (Å²) in [5, 5.41) is 2.81. The van der Waals surface area contributed by atoms with Gasteiger partial charge in [-0.05, 0) is 31.9 Å². The van der Waals surface area contributed by atoms with Crippen LogP contribution >= 0.6 is 0 Å². The average Bonchev–Trinajstić information content (AvgIpc) is 2.66. The first-order valence-electron chi connectivity index (χ1n) is 9.28. The number of rotatable bonds is 8. The number of nitrogens with zero attached hydrogens (tertiary/aromatic N) is 1. The molecular weight excluding hydrogens is 343 g/mol. The van der Waals surface area contributed by atoms with E-state index in [4.69, 9.17) is 0 Å². The quantitative estimate of drug-likeness (QED) is 0.772. The van der Waals surface area contributed by atoms with Gasteiger partial charge >= 0.3 is 0 Å². The monoisotopic (exact) mass is 370 g/mol. The zero-order valence-electron chi connectivity index (χ0n) is 16.2. The highest BCUT2D eigenvalue weighted by Crippen LogP contribution is 2.15. The third-order valence-electron chi connectivity index (χ3n) is 4.49. The van der Waals surface area contributed by atoms with E-state index in [1.807, 2.05) is 38.1 Å². The van der Waals surface area contributed by atoms with Gasteiger partial charge in [-0.2, -0.15) is 0 Å². The second-order valence-electron chi connectivity index (χ2n) is 6.74. The first kappa shape index (κ1) is 20.6. The second-order valence-corrected chi connectivity index (χ2v) is 6.74. The molecule has 1 atom stereocenters. The highest BCUT2D eigenvalue weighted by molar-refractivity contribution is 5.88. The SMILES string of the molecule is CCCNC(=O)[C@H](C)N(Cc1ccccc1F)C(=O)Cc1ccc(C)cc1. The molecular formula is C22H27FN2O2. The first-order chi connectivity index (χ1) is 12.9. The second kappa shape index (κ2) is 9.86. The van der Waals surface area contributed by atoms with Crippen molar-refractivity contribution in [2.45, 2.75) is 46.2 Å². The number of carbonyl (C=O) groups excluding carboxylic acids is 2. The number of hydrogen-bond acceptors (Lipinski definition) is 2. The molecule has 0 aliphatic heterocycles. The molecule has 0 saturated carbocycles. The fourth-order valence-electron chi connectivity index (χ4n) is 2.77. The summed E-state index contributed by atoms with van der Waals surface area (Å²) in [6.07, 6.45) is 0.975. The molecule has 2 amide bonds. The molecule has 2 aromatic carbocycles. The highest BCUT2D eigenvalue weighted by atomic mass is 19.1. The van der Waals surface area contributed by atoms with E-state index in [0.717, 1.165) is 17.5 Å². The maximum Gasteiger partial charge on any atom is 0.242 e. The molecule has 5 heteroatoms. The molecule has 1 N–H and O–H groups in total. The molecule has 0 bridgehead atoms. The zero-order valence-corrected chi connectivity index (χ0v) is 16.2. The van der Waals surface area contributed by atoms with E-state index in [9.17, 15) is 14.0 Å². The molecule has 0 aliphatic carbocycles. The molecule has 27 heavy (non-hydrogen) atoms. The van der Waals surface area contributed by atoms with Gasteiger partial charge in [0.05, 0.1) is 6.42 Å². The van der Waals surface area contributed by atoms with Crippen molar-refractivity contribution >= 4 is 11.8 Å². The molecule has 0 spiro atoms. The maximum atomic E-state index is 14.1. The molecule has 0 fully saturated rings. The lowest BCUT2D eigenvalue weighted by molar-refractivity contribution is -0.140. The molecule has 2 rings (SSSR count). The normalized spacial score (nSPS) is 11.7. The molecule has 0 aliphatic rings. The Hall–Kier alpha value is -2.69. The summed E-state index contributed by atoms with van der Waals surface area (Å²) < 4.78 is 14.1. The van der Waals surface area contributed by atoms with Crippen LogP contribution in [0.1, 0.15) is 37.0 Å². The van der Waals surface area contributed by atoms with Crippen LogP contribution in [0.2, 0.25) is 0 Å². The summed E-state index contributed by atoms with van der Waals surface area (Å²) in [4.78, 5) is 26.8. The predicted molar refractivity (Wildman–Crippen MR) is 105 cm³/mol. The van der Waals surface area contributed by atoms with E-state index in [2.05, 4.69) is 5.32 Å². The Bertz CT molecular complexity index is 774. The van der Waals surface area contributed by atoms with Gasteiger partial charge in [-0.25, -0.2) is 4.39 Å². The third kappa shape index (κ3) is 5.91. The van der Waals surface area contributed by atoms with Gasteiger partial charge in [0.15, 0.2) is 0 Å². The number of aryl methyl sites for hydroxylation is 1. The molecule has 0 saturated heterocycles. The third-order valence-corrected chi connectivity index (χ3v) is 4.49. The topological polar surface area (TPSA) is 49.4 Å². The minimum atomic E-state index is -0.686. The Morgan fingerprint density at radius 3 is 2.41 bits per heavy atom. The lowest BCUT2D eigenvalue weighted by Gasteiger charge is -2.29. The number of benzene rings is 2. The summed E-state index contributed by atoms with van der Waals surface area (Å²) in [5.41, 5.74) is 2.37. The summed E-state index contributed by atoms with van der Waals surface area (Å²) >= 11 is 0. The number of nitrogens with one attached hydrogen (secondary N) is 1. The molecule has 4 nitrogen and oxygen atoms in total. The van der Waals surface area contributed by atoms with Crippen molar-refractivity contribution in [3.63, 3.8) is 0 Å². The highest BCUT2D eigenvalue weighted by Gasteiger charge is 2.26. The molecule has 0 unspecified atom stereocenters. The van der Waals surface area contributed by atoms with Crippen LogP contribution in [0.3, 0.4) is 0 Å². The summed E-state index contributed by atoms with van der Waals surface area (Å²) in [7, 11) is 0. The van der Waals surface area contributed by atoms with Crippen molar-refractivity contribution in [2.24, 2.45) is 0 Å². The van der Waals surface area contributed by atoms with Crippen molar-refractivity contribution < 1.29 is 14.0 Å². The molecule has 0 aromatic heterocycles. The van der Waals surface area contributed by atoms with Gasteiger partial charge in [0, 0.05) is 18.7 Å². The molecule has 2 aromatic rings. The van der Waals surface area contributed by atoms with Crippen molar-refractivity contribution in [1.82, 2.24) is 10.2 Å². The summed E-state index contributed by atoms with van der Waals surface area (Å²) in [5.74, 6) is -0.821. The van der Waals surface area contributed by atoms with Gasteiger partial charge in [0.1, 0.15) is 11.9 Å². The largest absolute Gasteiger partial charge is 0.354 e. The van der Waals surface area contributed by atoms with Crippen LogP contribution in [0.5, 0.6) is 0 Å². The van der Waals surface area contributed by atoms with Gasteiger partial charge in [0.2, 0.25) is 11.8 Å². The molecule has 144 valence electrons. The van der Waals surface area contributed by atoms with Gasteiger partial charge in [-0.3, -0.25) is 9.59 Å². The van der Waals surface area contributed by atoms with E-state index >= 15 is 0 Å². The van der Waals surface area contributed by atoms with Crippen LogP contribution in [-0.4, -0.2) is 29.3 Å². The number of halogens is 1. The van der Waals surface area contributed by atoms with Crippen LogP contribution in [-0.2, 0) is 22.6 Å². The van der Waals surface area contributed by atoms with Crippen LogP contribution in [0.15, 0.2) is 48.5 Å². The average molecular weight is 370 g/mol. The Morgan fingerprint density at radius 1 is 1.11 bits per heavy atom. The van der Waals surface area contributed by atoms with Gasteiger partial charge in [-0.15, -0.1) is 0 Å². The van der Waals surface area contributed by atoms with Gasteiger partial charge in [-0.1, -0.05) is 55.0 Å². The van der Waals surface area contributed by atoms with Crippen LogP contribution < -0.4 is 5.32 Å². The standard InChI is InChI=1S/C22H27FN2O2/c1-4-13-24-22(27)17(3)25(15-19-7-5-6-8-20(19)23)21(26)14-18-11-9-16(2)10-12-18/h5-12,17H,4,13-15H2,1-3H3,(H,24,27)/t17-/m0/s1. The minimum Gasteiger partial charge on any atom is -0.354 e. The number of carbonyl (C=O) groups is 2. The van der Waals surface area contributed by atoms with Gasteiger partial charge in [0.25, 0.3) is 0 Å². The Balaban J connectivity index is 2.21. The summed E-state index contributed by atoms with van der Waals surface area (Å²) in [6, 6.07) is 13.3.